The smallest absolute Gasteiger partial charge is 0.214 e. The van der Waals surface area contributed by atoms with Gasteiger partial charge in [0.1, 0.15) is 11.8 Å². The van der Waals surface area contributed by atoms with E-state index in [2.05, 4.69) is 35.2 Å². The van der Waals surface area contributed by atoms with Gasteiger partial charge >= 0.3 is 0 Å². The molecule has 3 heterocycles. The van der Waals surface area contributed by atoms with E-state index in [-0.39, 0.29) is 0 Å². The van der Waals surface area contributed by atoms with E-state index in [4.69, 9.17) is 4.42 Å². The first kappa shape index (κ1) is 13.7. The minimum Gasteiger partial charge on any atom is -0.462 e. The van der Waals surface area contributed by atoms with Crippen LogP contribution in [0, 0.1) is 11.3 Å². The Labute approximate surface area is 136 Å². The topological polar surface area (TPSA) is 67.1 Å². The molecule has 3 aromatic heterocycles. The predicted octanol–water partition coefficient (Wildman–Crippen LogP) is 4.15. The number of hydrogen-bond acceptors (Lipinski definition) is 5. The molecule has 0 radical (unpaired) electrons. The number of nitrogens with zero attached hydrogens (tertiary/aromatic N) is 4. The number of rotatable bonds is 3. The minimum absolute atomic E-state index is 0.443. The molecule has 0 aliphatic rings. The molecule has 23 heavy (non-hydrogen) atoms. The largest absolute Gasteiger partial charge is 0.462 e. The van der Waals surface area contributed by atoms with Crippen LogP contribution in [-0.2, 0) is 6.42 Å². The lowest BCUT2D eigenvalue weighted by molar-refractivity contribution is 0.580. The SMILES string of the molecule is CCc1ccc(-c2nc3sc(-c4ccco4)nn3c2C#N)cc1. The summed E-state index contributed by atoms with van der Waals surface area (Å²) in [7, 11) is 0. The van der Waals surface area contributed by atoms with Gasteiger partial charge in [-0.2, -0.15) is 9.78 Å². The van der Waals surface area contributed by atoms with Gasteiger partial charge < -0.3 is 4.42 Å². The molecule has 0 saturated heterocycles. The van der Waals surface area contributed by atoms with E-state index in [0.29, 0.717) is 27.1 Å². The molecule has 0 aliphatic heterocycles. The number of fused-ring (bicyclic) bond motifs is 1. The molecule has 0 unspecified atom stereocenters. The monoisotopic (exact) mass is 320 g/mol. The van der Waals surface area contributed by atoms with Gasteiger partial charge in [-0.3, -0.25) is 0 Å². The Morgan fingerprint density at radius 2 is 2.09 bits per heavy atom. The van der Waals surface area contributed by atoms with E-state index in [1.165, 1.54) is 16.9 Å². The molecule has 0 spiro atoms. The molecular formula is C17H12N4OS. The van der Waals surface area contributed by atoms with Crippen molar-refractivity contribution in [1.82, 2.24) is 14.6 Å². The van der Waals surface area contributed by atoms with E-state index >= 15 is 0 Å². The second-order valence-corrected chi connectivity index (χ2v) is 6.01. The van der Waals surface area contributed by atoms with Crippen molar-refractivity contribution in [1.29, 1.82) is 5.26 Å². The lowest BCUT2D eigenvalue weighted by Gasteiger charge is -2.00. The fourth-order valence-corrected chi connectivity index (χ4v) is 3.32. The van der Waals surface area contributed by atoms with Crippen molar-refractivity contribution in [2.24, 2.45) is 0 Å². The van der Waals surface area contributed by atoms with Gasteiger partial charge in [0.15, 0.2) is 16.5 Å². The highest BCUT2D eigenvalue weighted by atomic mass is 32.1. The van der Waals surface area contributed by atoms with Crippen molar-refractivity contribution in [3.8, 4) is 28.1 Å². The van der Waals surface area contributed by atoms with E-state index in [1.807, 2.05) is 24.3 Å². The molecule has 0 N–H and O–H groups in total. The summed E-state index contributed by atoms with van der Waals surface area (Å²) in [5.74, 6) is 0.679. The van der Waals surface area contributed by atoms with Crippen molar-refractivity contribution in [3.63, 3.8) is 0 Å². The van der Waals surface area contributed by atoms with E-state index < -0.39 is 0 Å². The lowest BCUT2D eigenvalue weighted by Crippen LogP contribution is -1.91. The van der Waals surface area contributed by atoms with Gasteiger partial charge in [0.2, 0.25) is 4.96 Å². The highest BCUT2D eigenvalue weighted by Crippen LogP contribution is 2.31. The summed E-state index contributed by atoms with van der Waals surface area (Å²) < 4.78 is 6.95. The number of aromatic nitrogens is 3. The van der Waals surface area contributed by atoms with E-state index in [1.54, 1.807) is 10.8 Å². The van der Waals surface area contributed by atoms with Crippen LogP contribution < -0.4 is 0 Å². The summed E-state index contributed by atoms with van der Waals surface area (Å²) in [4.78, 5) is 5.28. The Balaban J connectivity index is 1.84. The highest BCUT2D eigenvalue weighted by Gasteiger charge is 2.19. The molecule has 6 heteroatoms. The van der Waals surface area contributed by atoms with Crippen LogP contribution in [0.4, 0.5) is 0 Å². The maximum absolute atomic E-state index is 9.54. The molecule has 4 aromatic rings. The number of hydrogen-bond donors (Lipinski definition) is 0. The average Bonchev–Trinajstić information content (AvgIpc) is 3.29. The average molecular weight is 320 g/mol. The third-order valence-corrected chi connectivity index (χ3v) is 4.60. The number of furan rings is 1. The Morgan fingerprint density at radius 3 is 2.74 bits per heavy atom. The Morgan fingerprint density at radius 1 is 1.26 bits per heavy atom. The van der Waals surface area contributed by atoms with Gasteiger partial charge in [-0.25, -0.2) is 4.98 Å². The Bertz CT molecular complexity index is 1000. The normalized spacial score (nSPS) is 11.0. The van der Waals surface area contributed by atoms with Crippen LogP contribution in [-0.4, -0.2) is 14.6 Å². The standard InChI is InChI=1S/C17H12N4OS/c1-2-11-5-7-12(8-6-11)15-13(10-18)21-17(19-15)23-16(20-21)14-4-3-9-22-14/h3-9H,2H2,1H3. The molecule has 112 valence electrons. The van der Waals surface area contributed by atoms with Crippen LogP contribution >= 0.6 is 11.3 Å². The first-order chi connectivity index (χ1) is 11.3. The van der Waals surface area contributed by atoms with Crippen molar-refractivity contribution in [2.75, 3.05) is 0 Å². The number of nitriles is 1. The second kappa shape index (κ2) is 5.38. The van der Waals surface area contributed by atoms with Crippen molar-refractivity contribution < 1.29 is 4.42 Å². The fourth-order valence-electron chi connectivity index (χ4n) is 2.45. The fraction of sp³-hybridized carbons (Fsp3) is 0.118. The van der Waals surface area contributed by atoms with Crippen molar-refractivity contribution in [3.05, 3.63) is 53.9 Å². The third kappa shape index (κ3) is 2.22. The summed E-state index contributed by atoms with van der Waals surface area (Å²) in [5.41, 5.74) is 3.29. The Hall–Kier alpha value is -2.91. The quantitative estimate of drug-likeness (QED) is 0.568. The van der Waals surface area contributed by atoms with E-state index in [0.717, 1.165) is 12.0 Å². The summed E-state index contributed by atoms with van der Waals surface area (Å²) in [5, 5.41) is 14.7. The second-order valence-electron chi connectivity index (χ2n) is 5.05. The molecule has 0 bridgehead atoms. The number of imidazole rings is 1. The van der Waals surface area contributed by atoms with E-state index in [9.17, 15) is 5.26 Å². The number of aryl methyl sites for hydroxylation is 1. The van der Waals surface area contributed by atoms with Gasteiger partial charge in [-0.05, 0) is 24.1 Å². The van der Waals surface area contributed by atoms with Gasteiger partial charge in [0.25, 0.3) is 0 Å². The third-order valence-electron chi connectivity index (χ3n) is 3.68. The molecule has 0 saturated carbocycles. The predicted molar refractivity (Wildman–Crippen MR) is 88.1 cm³/mol. The van der Waals surface area contributed by atoms with Crippen molar-refractivity contribution >= 4 is 16.3 Å². The molecule has 0 fully saturated rings. The van der Waals surface area contributed by atoms with Crippen LogP contribution in [0.3, 0.4) is 0 Å². The van der Waals surface area contributed by atoms with Gasteiger partial charge in [-0.1, -0.05) is 42.5 Å². The van der Waals surface area contributed by atoms with Gasteiger partial charge in [0.05, 0.1) is 6.26 Å². The van der Waals surface area contributed by atoms with Crippen LogP contribution in [0.1, 0.15) is 18.2 Å². The molecule has 5 nitrogen and oxygen atoms in total. The zero-order valence-corrected chi connectivity index (χ0v) is 13.2. The maximum atomic E-state index is 9.54. The zero-order valence-electron chi connectivity index (χ0n) is 12.4. The van der Waals surface area contributed by atoms with Crippen LogP contribution in [0.2, 0.25) is 0 Å². The van der Waals surface area contributed by atoms with Crippen LogP contribution in [0.5, 0.6) is 0 Å². The lowest BCUT2D eigenvalue weighted by atomic mass is 10.1. The molecular weight excluding hydrogens is 308 g/mol. The van der Waals surface area contributed by atoms with Gasteiger partial charge in [0, 0.05) is 5.56 Å². The zero-order chi connectivity index (χ0) is 15.8. The molecule has 0 amide bonds. The maximum Gasteiger partial charge on any atom is 0.214 e. The first-order valence-electron chi connectivity index (χ1n) is 7.23. The number of benzene rings is 1. The van der Waals surface area contributed by atoms with Crippen LogP contribution in [0.15, 0.2) is 47.1 Å². The Kier molecular flexibility index (Phi) is 3.21. The molecule has 1 aromatic carbocycles. The summed E-state index contributed by atoms with van der Waals surface area (Å²) in [6.07, 6.45) is 2.59. The molecule has 0 atom stereocenters. The van der Waals surface area contributed by atoms with Crippen molar-refractivity contribution in [2.45, 2.75) is 13.3 Å². The van der Waals surface area contributed by atoms with Crippen LogP contribution in [0.25, 0.3) is 27.0 Å². The molecule has 0 aliphatic carbocycles. The minimum atomic E-state index is 0.443. The summed E-state index contributed by atoms with van der Waals surface area (Å²) in [6, 6.07) is 14.0. The summed E-state index contributed by atoms with van der Waals surface area (Å²) >= 11 is 1.40. The van der Waals surface area contributed by atoms with Gasteiger partial charge in [-0.15, -0.1) is 5.10 Å². The highest BCUT2D eigenvalue weighted by molar-refractivity contribution is 7.19. The first-order valence-corrected chi connectivity index (χ1v) is 8.04. The molecule has 4 rings (SSSR count). The summed E-state index contributed by atoms with van der Waals surface area (Å²) in [6.45, 7) is 2.11.